The Labute approximate surface area is 96.6 Å². The van der Waals surface area contributed by atoms with Gasteiger partial charge in [-0.1, -0.05) is 32.3 Å². The van der Waals surface area contributed by atoms with Crippen molar-refractivity contribution in [3.8, 4) is 0 Å². The third kappa shape index (κ3) is 6.72. The van der Waals surface area contributed by atoms with Crippen LogP contribution in [0.4, 0.5) is 0 Å². The molecule has 0 N–H and O–H groups in total. The highest BCUT2D eigenvalue weighted by Crippen LogP contribution is 2.17. The summed E-state index contributed by atoms with van der Waals surface area (Å²) >= 11 is 0. The molecule has 0 aromatic heterocycles. The monoisotopic (exact) mass is 211 g/mol. The first-order chi connectivity index (χ1) is 6.91. The van der Waals surface area contributed by atoms with E-state index in [0.717, 1.165) is 6.54 Å². The molecule has 90 valence electrons. The van der Waals surface area contributed by atoms with Crippen LogP contribution in [0.15, 0.2) is 12.7 Å². The van der Waals surface area contributed by atoms with Gasteiger partial charge >= 0.3 is 0 Å². The Hall–Kier alpha value is -0.300. The van der Waals surface area contributed by atoms with Crippen LogP contribution < -0.4 is 0 Å². The van der Waals surface area contributed by atoms with Gasteiger partial charge in [-0.2, -0.15) is 0 Å². The summed E-state index contributed by atoms with van der Waals surface area (Å²) in [4.78, 5) is 2.42. The minimum atomic E-state index is 0.270. The van der Waals surface area contributed by atoms with Crippen LogP contribution in [-0.2, 0) is 0 Å². The summed E-state index contributed by atoms with van der Waals surface area (Å²) in [5, 5.41) is 0. The summed E-state index contributed by atoms with van der Waals surface area (Å²) in [6.45, 7) is 14.1. The van der Waals surface area contributed by atoms with Crippen molar-refractivity contribution >= 4 is 0 Å². The maximum atomic E-state index is 3.95. The van der Waals surface area contributed by atoms with E-state index < -0.39 is 0 Å². The Morgan fingerprint density at radius 2 is 1.87 bits per heavy atom. The van der Waals surface area contributed by atoms with Gasteiger partial charge in [0.25, 0.3) is 0 Å². The van der Waals surface area contributed by atoms with Crippen molar-refractivity contribution in [3.63, 3.8) is 0 Å². The van der Waals surface area contributed by atoms with Crippen LogP contribution in [0.25, 0.3) is 0 Å². The van der Waals surface area contributed by atoms with Crippen molar-refractivity contribution in [3.05, 3.63) is 12.7 Å². The van der Waals surface area contributed by atoms with Crippen LogP contribution in [0, 0.1) is 5.92 Å². The quantitative estimate of drug-likeness (QED) is 0.453. The molecule has 0 radical (unpaired) electrons. The summed E-state index contributed by atoms with van der Waals surface area (Å²) in [5.74, 6) is 0.653. The normalized spacial score (nSPS) is 14.3. The Morgan fingerprint density at radius 1 is 1.27 bits per heavy atom. The van der Waals surface area contributed by atoms with Gasteiger partial charge in [0.2, 0.25) is 0 Å². The predicted octanol–water partition coefficient (Wildman–Crippen LogP) is 4.10. The molecule has 1 heteroatoms. The molecule has 0 rings (SSSR count). The highest BCUT2D eigenvalue weighted by molar-refractivity contribution is 4.84. The van der Waals surface area contributed by atoms with Gasteiger partial charge in [-0.25, -0.2) is 0 Å². The minimum Gasteiger partial charge on any atom is -0.301 e. The zero-order valence-corrected chi connectivity index (χ0v) is 11.3. The van der Waals surface area contributed by atoms with Crippen molar-refractivity contribution in [2.45, 2.75) is 58.9 Å². The summed E-state index contributed by atoms with van der Waals surface area (Å²) in [6.07, 6.45) is 7.41. The van der Waals surface area contributed by atoms with Crippen molar-refractivity contribution in [1.29, 1.82) is 0 Å². The van der Waals surface area contributed by atoms with E-state index in [2.05, 4.69) is 52.3 Å². The maximum Gasteiger partial charge on any atom is 0.0122 e. The van der Waals surface area contributed by atoms with Gasteiger partial charge < -0.3 is 4.90 Å². The molecule has 0 amide bonds. The molecule has 1 nitrogen and oxygen atoms in total. The van der Waals surface area contributed by atoms with Crippen molar-refractivity contribution in [1.82, 2.24) is 4.90 Å². The second-order valence-corrected chi connectivity index (χ2v) is 5.54. The SMILES string of the molecule is C=CC(CCCCC)CN(C)C(C)(C)C. The molecule has 0 fully saturated rings. The van der Waals surface area contributed by atoms with Crippen LogP contribution in [0.5, 0.6) is 0 Å². The lowest BCUT2D eigenvalue weighted by Gasteiger charge is -2.34. The van der Waals surface area contributed by atoms with Crippen molar-refractivity contribution in [2.24, 2.45) is 5.92 Å². The molecular weight excluding hydrogens is 182 g/mol. The second-order valence-electron chi connectivity index (χ2n) is 5.54. The molecule has 15 heavy (non-hydrogen) atoms. The summed E-state index contributed by atoms with van der Waals surface area (Å²) < 4.78 is 0. The van der Waals surface area contributed by atoms with E-state index in [1.54, 1.807) is 0 Å². The van der Waals surface area contributed by atoms with E-state index in [1.165, 1.54) is 25.7 Å². The lowest BCUT2D eigenvalue weighted by Crippen LogP contribution is -2.40. The molecule has 0 aromatic rings. The summed E-state index contributed by atoms with van der Waals surface area (Å²) in [5.41, 5.74) is 0.270. The maximum absolute atomic E-state index is 3.95. The fraction of sp³-hybridized carbons (Fsp3) is 0.857. The first kappa shape index (κ1) is 14.7. The molecule has 0 aliphatic rings. The summed E-state index contributed by atoms with van der Waals surface area (Å²) in [7, 11) is 2.20. The largest absolute Gasteiger partial charge is 0.301 e. The fourth-order valence-electron chi connectivity index (χ4n) is 1.57. The Kier molecular flexibility index (Phi) is 6.91. The third-order valence-electron chi connectivity index (χ3n) is 3.17. The number of unbranched alkanes of at least 4 members (excludes halogenated alkanes) is 2. The second kappa shape index (κ2) is 7.05. The Bertz CT molecular complexity index is 167. The number of hydrogen-bond acceptors (Lipinski definition) is 1. The van der Waals surface area contributed by atoms with Crippen molar-refractivity contribution in [2.75, 3.05) is 13.6 Å². The van der Waals surface area contributed by atoms with Gasteiger partial charge in [-0.05, 0) is 40.2 Å². The number of nitrogens with zero attached hydrogens (tertiary/aromatic N) is 1. The smallest absolute Gasteiger partial charge is 0.0122 e. The molecule has 0 saturated carbocycles. The summed E-state index contributed by atoms with van der Waals surface area (Å²) in [6, 6.07) is 0. The first-order valence-corrected chi connectivity index (χ1v) is 6.25. The number of rotatable bonds is 7. The van der Waals surface area contributed by atoms with Gasteiger partial charge in [-0.15, -0.1) is 6.58 Å². The van der Waals surface area contributed by atoms with Crippen LogP contribution in [0.3, 0.4) is 0 Å². The average molecular weight is 211 g/mol. The van der Waals surface area contributed by atoms with Crippen LogP contribution in [-0.4, -0.2) is 24.0 Å². The highest BCUT2D eigenvalue weighted by atomic mass is 15.2. The molecule has 0 aliphatic heterocycles. The van der Waals surface area contributed by atoms with E-state index in [1.807, 2.05) is 0 Å². The van der Waals surface area contributed by atoms with E-state index in [-0.39, 0.29) is 5.54 Å². The topological polar surface area (TPSA) is 3.24 Å². The van der Waals surface area contributed by atoms with E-state index in [4.69, 9.17) is 0 Å². The van der Waals surface area contributed by atoms with E-state index in [9.17, 15) is 0 Å². The first-order valence-electron chi connectivity index (χ1n) is 6.25. The molecule has 0 aliphatic carbocycles. The average Bonchev–Trinajstić information content (AvgIpc) is 2.14. The Balaban J connectivity index is 3.93. The molecule has 0 saturated heterocycles. The molecule has 0 bridgehead atoms. The lowest BCUT2D eigenvalue weighted by molar-refractivity contribution is 0.156. The van der Waals surface area contributed by atoms with Gasteiger partial charge in [-0.3, -0.25) is 0 Å². The molecular formula is C14H29N. The zero-order chi connectivity index (χ0) is 11.9. The molecule has 1 unspecified atom stereocenters. The molecule has 0 spiro atoms. The highest BCUT2D eigenvalue weighted by Gasteiger charge is 2.19. The minimum absolute atomic E-state index is 0.270. The van der Waals surface area contributed by atoms with E-state index >= 15 is 0 Å². The fourth-order valence-corrected chi connectivity index (χ4v) is 1.57. The Morgan fingerprint density at radius 3 is 2.27 bits per heavy atom. The van der Waals surface area contributed by atoms with Gasteiger partial charge in [0.1, 0.15) is 0 Å². The number of hydrogen-bond donors (Lipinski definition) is 0. The standard InChI is InChI=1S/C14H29N/c1-7-9-10-11-13(8-2)12-15(6)14(3,4)5/h8,13H,2,7,9-12H2,1,3-6H3. The lowest BCUT2D eigenvalue weighted by atomic mass is 9.98. The van der Waals surface area contributed by atoms with E-state index in [0.29, 0.717) is 5.92 Å². The van der Waals surface area contributed by atoms with Crippen molar-refractivity contribution < 1.29 is 0 Å². The van der Waals surface area contributed by atoms with Gasteiger partial charge in [0.05, 0.1) is 0 Å². The van der Waals surface area contributed by atoms with Crippen LogP contribution in [0.1, 0.15) is 53.4 Å². The van der Waals surface area contributed by atoms with Gasteiger partial charge in [0, 0.05) is 12.1 Å². The van der Waals surface area contributed by atoms with Crippen LogP contribution >= 0.6 is 0 Å². The zero-order valence-electron chi connectivity index (χ0n) is 11.3. The van der Waals surface area contributed by atoms with Crippen LogP contribution in [0.2, 0.25) is 0 Å². The third-order valence-corrected chi connectivity index (χ3v) is 3.17. The van der Waals surface area contributed by atoms with Gasteiger partial charge in [0.15, 0.2) is 0 Å². The predicted molar refractivity (Wildman–Crippen MR) is 70.2 cm³/mol. The molecule has 0 aromatic carbocycles. The molecule has 1 atom stereocenters. The molecule has 0 heterocycles.